The second-order valence-corrected chi connectivity index (χ2v) is 9.59. The quantitative estimate of drug-likeness (QED) is 0.414. The summed E-state index contributed by atoms with van der Waals surface area (Å²) in [6.07, 6.45) is 0. The maximum atomic E-state index is 13.4. The van der Waals surface area contributed by atoms with Crippen LogP contribution in [0.15, 0.2) is 59.1 Å². The maximum absolute atomic E-state index is 13.4. The van der Waals surface area contributed by atoms with Crippen molar-refractivity contribution in [2.45, 2.75) is 13.5 Å². The van der Waals surface area contributed by atoms with Crippen LogP contribution < -0.4 is 4.90 Å². The van der Waals surface area contributed by atoms with Crippen molar-refractivity contribution < 1.29 is 14.1 Å². The van der Waals surface area contributed by atoms with Crippen LogP contribution in [0.25, 0.3) is 22.3 Å². The molecule has 0 spiro atoms. The van der Waals surface area contributed by atoms with Crippen molar-refractivity contribution in [3.63, 3.8) is 0 Å². The Morgan fingerprint density at radius 1 is 0.919 bits per heavy atom. The molecule has 0 N–H and O–H groups in total. The van der Waals surface area contributed by atoms with Crippen molar-refractivity contribution in [2.75, 3.05) is 57.4 Å². The zero-order chi connectivity index (χ0) is 25.2. The molecule has 4 aromatic rings. The van der Waals surface area contributed by atoms with Crippen molar-refractivity contribution in [1.82, 2.24) is 24.9 Å². The number of anilines is 1. The predicted molar refractivity (Wildman–Crippen MR) is 140 cm³/mol. The van der Waals surface area contributed by atoms with Crippen molar-refractivity contribution >= 4 is 22.6 Å². The van der Waals surface area contributed by atoms with E-state index in [-0.39, 0.29) is 5.91 Å². The van der Waals surface area contributed by atoms with Gasteiger partial charge in [-0.1, -0.05) is 53.2 Å². The molecule has 2 aliphatic heterocycles. The summed E-state index contributed by atoms with van der Waals surface area (Å²) in [5.41, 5.74) is 3.70. The molecule has 190 valence electrons. The van der Waals surface area contributed by atoms with Crippen LogP contribution in [0.3, 0.4) is 0 Å². The first kappa shape index (κ1) is 23.6. The fourth-order valence-corrected chi connectivity index (χ4v) is 4.90. The number of hydrogen-bond acceptors (Lipinski definition) is 8. The van der Waals surface area contributed by atoms with Crippen LogP contribution in [0.1, 0.15) is 21.8 Å². The maximum Gasteiger partial charge on any atom is 0.254 e. The third kappa shape index (κ3) is 5.05. The summed E-state index contributed by atoms with van der Waals surface area (Å²) in [5.74, 6) is 2.12. The molecule has 0 aliphatic carbocycles. The summed E-state index contributed by atoms with van der Waals surface area (Å²) in [7, 11) is 0. The molecule has 6 rings (SSSR count). The highest BCUT2D eigenvalue weighted by molar-refractivity contribution is 6.07. The topological polar surface area (TPSA) is 87.8 Å². The molecule has 37 heavy (non-hydrogen) atoms. The third-order valence-electron chi connectivity index (χ3n) is 7.06. The fraction of sp³-hybridized carbons (Fsp3) is 0.357. The highest BCUT2D eigenvalue weighted by Gasteiger charge is 2.25. The van der Waals surface area contributed by atoms with E-state index in [4.69, 9.17) is 14.2 Å². The van der Waals surface area contributed by atoms with Gasteiger partial charge in [-0.05, 0) is 19.1 Å². The first-order valence-corrected chi connectivity index (χ1v) is 12.8. The molecule has 9 nitrogen and oxygen atoms in total. The Bertz CT molecular complexity index is 1390. The SMILES string of the molecule is Cc1ccc(-c2noc(CN3CCN(c4cc(C(=O)N5CCOCC5)c5ccccc5n4)CC3)n2)cc1. The number of benzene rings is 2. The van der Waals surface area contributed by atoms with Crippen molar-refractivity contribution in [3.8, 4) is 11.4 Å². The summed E-state index contributed by atoms with van der Waals surface area (Å²) in [5, 5.41) is 5.05. The normalized spacial score (nSPS) is 16.9. The molecule has 2 aromatic heterocycles. The lowest BCUT2D eigenvalue weighted by atomic mass is 10.1. The van der Waals surface area contributed by atoms with Crippen LogP contribution in [0.2, 0.25) is 0 Å². The number of carbonyl (C=O) groups excluding carboxylic acids is 1. The van der Waals surface area contributed by atoms with E-state index in [0.717, 1.165) is 48.5 Å². The summed E-state index contributed by atoms with van der Waals surface area (Å²) < 4.78 is 11.0. The van der Waals surface area contributed by atoms with E-state index in [9.17, 15) is 4.79 Å². The summed E-state index contributed by atoms with van der Waals surface area (Å²) in [6, 6.07) is 18.0. The number of pyridine rings is 1. The Kier molecular flexibility index (Phi) is 6.55. The minimum atomic E-state index is 0.0440. The highest BCUT2D eigenvalue weighted by atomic mass is 16.5. The number of morpholine rings is 1. The monoisotopic (exact) mass is 498 g/mol. The number of aromatic nitrogens is 3. The fourth-order valence-electron chi connectivity index (χ4n) is 4.90. The molecule has 0 atom stereocenters. The van der Waals surface area contributed by atoms with Gasteiger partial charge in [-0.15, -0.1) is 0 Å². The molecule has 0 saturated carbocycles. The van der Waals surface area contributed by atoms with Crippen LogP contribution in [0.4, 0.5) is 5.82 Å². The van der Waals surface area contributed by atoms with Crippen molar-refractivity contribution in [3.05, 3.63) is 71.6 Å². The zero-order valence-electron chi connectivity index (χ0n) is 21.0. The molecule has 0 unspecified atom stereocenters. The van der Waals surface area contributed by atoms with Crippen molar-refractivity contribution in [1.29, 1.82) is 0 Å². The molecule has 0 bridgehead atoms. The van der Waals surface area contributed by atoms with Gasteiger partial charge in [-0.2, -0.15) is 4.98 Å². The molecule has 2 aromatic carbocycles. The van der Waals surface area contributed by atoms with E-state index in [1.165, 1.54) is 5.56 Å². The van der Waals surface area contributed by atoms with Gasteiger partial charge in [0.05, 0.1) is 30.8 Å². The number of amides is 1. The van der Waals surface area contributed by atoms with E-state index in [1.54, 1.807) is 0 Å². The molecule has 9 heteroatoms. The Morgan fingerprint density at radius 2 is 1.68 bits per heavy atom. The molecule has 4 heterocycles. The van der Waals surface area contributed by atoms with Gasteiger partial charge in [-0.3, -0.25) is 9.69 Å². The predicted octanol–water partition coefficient (Wildman–Crippen LogP) is 3.39. The van der Waals surface area contributed by atoms with Crippen LogP contribution in [-0.2, 0) is 11.3 Å². The number of rotatable bonds is 5. The molecule has 2 saturated heterocycles. The lowest BCUT2D eigenvalue weighted by Crippen LogP contribution is -2.46. The van der Waals surface area contributed by atoms with Gasteiger partial charge in [0, 0.05) is 50.2 Å². The number of carbonyl (C=O) groups is 1. The van der Waals surface area contributed by atoms with Crippen LogP contribution in [-0.4, -0.2) is 83.3 Å². The van der Waals surface area contributed by atoms with E-state index >= 15 is 0 Å². The average molecular weight is 499 g/mol. The number of nitrogens with zero attached hydrogens (tertiary/aromatic N) is 6. The molecule has 0 radical (unpaired) electrons. The summed E-state index contributed by atoms with van der Waals surface area (Å²) >= 11 is 0. The minimum Gasteiger partial charge on any atom is -0.378 e. The second-order valence-electron chi connectivity index (χ2n) is 9.59. The Morgan fingerprint density at radius 3 is 2.46 bits per heavy atom. The van der Waals surface area contributed by atoms with Crippen LogP contribution >= 0.6 is 0 Å². The number of fused-ring (bicyclic) bond motifs is 1. The highest BCUT2D eigenvalue weighted by Crippen LogP contribution is 2.26. The lowest BCUT2D eigenvalue weighted by molar-refractivity contribution is 0.0304. The minimum absolute atomic E-state index is 0.0440. The summed E-state index contributed by atoms with van der Waals surface area (Å²) in [6.45, 7) is 8.33. The standard InChI is InChI=1S/C28H30N6O3/c1-20-6-8-21(9-7-20)27-30-26(37-31-27)19-32-10-12-33(13-11-32)25-18-23(22-4-2-3-5-24(22)29-25)28(35)34-14-16-36-17-15-34/h2-9,18H,10-17,19H2,1H3. The van der Waals surface area contributed by atoms with Gasteiger partial charge < -0.3 is 19.1 Å². The van der Waals surface area contributed by atoms with Crippen LogP contribution in [0, 0.1) is 6.92 Å². The van der Waals surface area contributed by atoms with E-state index in [2.05, 4.69) is 26.9 Å². The zero-order valence-corrected chi connectivity index (χ0v) is 21.0. The molecular weight excluding hydrogens is 468 g/mol. The molecule has 2 aliphatic rings. The number of para-hydroxylation sites is 1. The smallest absolute Gasteiger partial charge is 0.254 e. The number of aryl methyl sites for hydroxylation is 1. The Balaban J connectivity index is 1.15. The van der Waals surface area contributed by atoms with Gasteiger partial charge in [-0.25, -0.2) is 4.98 Å². The lowest BCUT2D eigenvalue weighted by Gasteiger charge is -2.35. The second kappa shape index (κ2) is 10.3. The number of piperazine rings is 1. The van der Waals surface area contributed by atoms with Crippen molar-refractivity contribution in [2.24, 2.45) is 0 Å². The van der Waals surface area contributed by atoms with E-state index in [0.29, 0.717) is 50.1 Å². The van der Waals surface area contributed by atoms with Gasteiger partial charge >= 0.3 is 0 Å². The van der Waals surface area contributed by atoms with E-state index in [1.807, 2.05) is 59.5 Å². The molecule has 1 amide bonds. The molecular formula is C28H30N6O3. The van der Waals surface area contributed by atoms with Gasteiger partial charge in [0.2, 0.25) is 11.7 Å². The largest absolute Gasteiger partial charge is 0.378 e. The average Bonchev–Trinajstić information content (AvgIpc) is 3.41. The first-order chi connectivity index (χ1) is 18.1. The Hall–Kier alpha value is -3.82. The van der Waals surface area contributed by atoms with Crippen LogP contribution in [0.5, 0.6) is 0 Å². The first-order valence-electron chi connectivity index (χ1n) is 12.8. The number of ether oxygens (including phenoxy) is 1. The Labute approximate surface area is 215 Å². The summed E-state index contributed by atoms with van der Waals surface area (Å²) in [4.78, 5) is 29.4. The van der Waals surface area contributed by atoms with Gasteiger partial charge in [0.25, 0.3) is 5.91 Å². The molecule has 2 fully saturated rings. The van der Waals surface area contributed by atoms with Gasteiger partial charge in [0.1, 0.15) is 5.82 Å². The van der Waals surface area contributed by atoms with E-state index < -0.39 is 0 Å². The third-order valence-corrected chi connectivity index (χ3v) is 7.06. The van der Waals surface area contributed by atoms with Gasteiger partial charge in [0.15, 0.2) is 0 Å². The number of hydrogen-bond donors (Lipinski definition) is 0.